The molecule has 4 heteroatoms. The first-order valence-electron chi connectivity index (χ1n) is 13.8. The number of ether oxygens (including phenoxy) is 1. The zero-order valence-corrected chi connectivity index (χ0v) is 22.8. The number of hydrogen-bond acceptors (Lipinski definition) is 3. The molecule has 0 aliphatic heterocycles. The molecule has 4 nitrogen and oxygen atoms in total. The molecule has 1 aromatic rings. The van der Waals surface area contributed by atoms with Gasteiger partial charge in [0.25, 0.3) is 0 Å². The van der Waals surface area contributed by atoms with E-state index in [1.54, 1.807) is 0 Å². The molecule has 192 valence electrons. The Morgan fingerprint density at radius 2 is 1.74 bits per heavy atom. The van der Waals surface area contributed by atoms with Crippen LogP contribution in [0.3, 0.4) is 0 Å². The Kier molecular flexibility index (Phi) is 9.25. The van der Waals surface area contributed by atoms with E-state index in [0.717, 1.165) is 71.4 Å². The number of carbonyl (C=O) groups is 1. The van der Waals surface area contributed by atoms with Gasteiger partial charge in [-0.3, -0.25) is 4.79 Å². The van der Waals surface area contributed by atoms with Crippen molar-refractivity contribution >= 4 is 5.91 Å². The van der Waals surface area contributed by atoms with Crippen LogP contribution in [0.25, 0.3) is 0 Å². The number of hydrogen-bond donors (Lipinski definition) is 1. The highest BCUT2D eigenvalue weighted by Gasteiger charge is 2.56. The maximum atomic E-state index is 13.8. The molecule has 1 aromatic carbocycles. The monoisotopic (exact) mass is 470 g/mol. The molecule has 2 bridgehead atoms. The van der Waals surface area contributed by atoms with Crippen LogP contribution in [0, 0.1) is 16.7 Å². The lowest BCUT2D eigenvalue weighted by molar-refractivity contribution is -0.139. The minimum atomic E-state index is -0.333. The van der Waals surface area contributed by atoms with Gasteiger partial charge in [-0.2, -0.15) is 0 Å². The Hall–Kier alpha value is -1.39. The molecule has 1 N–H and O–H groups in total. The van der Waals surface area contributed by atoms with Crippen LogP contribution < -0.4 is 5.32 Å². The second-order valence-electron chi connectivity index (χ2n) is 12.2. The van der Waals surface area contributed by atoms with Crippen molar-refractivity contribution in [3.8, 4) is 0 Å². The molecule has 2 fully saturated rings. The molecule has 5 atom stereocenters. The molecular formula is C30H50N2O2. The predicted octanol–water partition coefficient (Wildman–Crippen LogP) is 6.19. The van der Waals surface area contributed by atoms with Crippen molar-refractivity contribution in [3.05, 3.63) is 35.9 Å². The summed E-state index contributed by atoms with van der Waals surface area (Å²) in [5.74, 6) is 0.808. The predicted molar refractivity (Wildman–Crippen MR) is 142 cm³/mol. The van der Waals surface area contributed by atoms with Gasteiger partial charge in [0.05, 0.1) is 6.61 Å². The van der Waals surface area contributed by atoms with Crippen LogP contribution in [0.2, 0.25) is 0 Å². The van der Waals surface area contributed by atoms with Crippen molar-refractivity contribution in [2.45, 2.75) is 97.9 Å². The maximum Gasteiger partial charge on any atom is 0.226 e. The molecule has 2 aliphatic rings. The molecule has 2 saturated carbocycles. The summed E-state index contributed by atoms with van der Waals surface area (Å²) in [6.07, 6.45) is 7.66. The normalized spacial score (nSPS) is 31.9. The fourth-order valence-corrected chi connectivity index (χ4v) is 7.52. The topological polar surface area (TPSA) is 41.6 Å². The number of fused-ring (bicyclic) bond motifs is 2. The van der Waals surface area contributed by atoms with Crippen LogP contribution in [-0.4, -0.2) is 49.7 Å². The largest absolute Gasteiger partial charge is 0.381 e. The lowest BCUT2D eigenvalue weighted by Gasteiger charge is -2.57. The Morgan fingerprint density at radius 1 is 1.06 bits per heavy atom. The summed E-state index contributed by atoms with van der Waals surface area (Å²) in [4.78, 5) is 16.3. The van der Waals surface area contributed by atoms with Gasteiger partial charge in [0.1, 0.15) is 0 Å². The molecule has 0 heterocycles. The van der Waals surface area contributed by atoms with Gasteiger partial charge < -0.3 is 15.0 Å². The Labute approximate surface area is 209 Å². The van der Waals surface area contributed by atoms with Gasteiger partial charge in [0.15, 0.2) is 0 Å². The van der Waals surface area contributed by atoms with Crippen LogP contribution >= 0.6 is 0 Å². The summed E-state index contributed by atoms with van der Waals surface area (Å²) in [6.45, 7) is 18.1. The fourth-order valence-electron chi connectivity index (χ4n) is 7.52. The second kappa shape index (κ2) is 11.6. The molecule has 0 saturated heterocycles. The van der Waals surface area contributed by atoms with Gasteiger partial charge in [0, 0.05) is 24.6 Å². The van der Waals surface area contributed by atoms with E-state index in [1.807, 2.05) is 0 Å². The van der Waals surface area contributed by atoms with Crippen molar-refractivity contribution in [3.63, 3.8) is 0 Å². The van der Waals surface area contributed by atoms with Crippen LogP contribution in [0.15, 0.2) is 30.3 Å². The third-order valence-electron chi connectivity index (χ3n) is 8.27. The van der Waals surface area contributed by atoms with Crippen molar-refractivity contribution in [1.29, 1.82) is 0 Å². The number of benzene rings is 1. The van der Waals surface area contributed by atoms with E-state index < -0.39 is 0 Å². The highest BCUT2D eigenvalue weighted by molar-refractivity contribution is 5.83. The van der Waals surface area contributed by atoms with Crippen molar-refractivity contribution in [2.24, 2.45) is 16.7 Å². The van der Waals surface area contributed by atoms with Crippen LogP contribution in [0.1, 0.15) is 92.1 Å². The van der Waals surface area contributed by atoms with Gasteiger partial charge in [0.2, 0.25) is 5.91 Å². The number of nitrogens with one attached hydrogen (secondary N) is 1. The van der Waals surface area contributed by atoms with Crippen molar-refractivity contribution in [1.82, 2.24) is 10.2 Å². The number of amides is 1. The lowest BCUT2D eigenvalue weighted by atomic mass is 9.47. The van der Waals surface area contributed by atoms with Gasteiger partial charge in [-0.05, 0) is 94.2 Å². The average molecular weight is 471 g/mol. The molecule has 0 aromatic heterocycles. The SMILES string of the molecule is CCCN(CCC)CC(C)NC(=O)C1(C)CC2CC(c3ccccc3)(C1)C[C@@](C)(COCC)C2. The molecular weight excluding hydrogens is 420 g/mol. The first-order chi connectivity index (χ1) is 16.2. The first-order valence-corrected chi connectivity index (χ1v) is 13.8. The van der Waals surface area contributed by atoms with E-state index in [9.17, 15) is 4.79 Å². The molecule has 34 heavy (non-hydrogen) atoms. The minimum absolute atomic E-state index is 0.0417. The van der Waals surface area contributed by atoms with E-state index in [0.29, 0.717) is 5.92 Å². The third-order valence-corrected chi connectivity index (χ3v) is 8.27. The Balaban J connectivity index is 1.80. The minimum Gasteiger partial charge on any atom is -0.381 e. The number of nitrogens with zero attached hydrogens (tertiary/aromatic N) is 1. The molecule has 1 amide bonds. The molecule has 2 aliphatic carbocycles. The summed E-state index contributed by atoms with van der Waals surface area (Å²) in [5.41, 5.74) is 1.28. The van der Waals surface area contributed by atoms with E-state index in [1.165, 1.54) is 12.0 Å². The summed E-state index contributed by atoms with van der Waals surface area (Å²) in [5, 5.41) is 3.45. The Bertz CT molecular complexity index is 777. The summed E-state index contributed by atoms with van der Waals surface area (Å²) in [6, 6.07) is 11.2. The average Bonchev–Trinajstić information content (AvgIpc) is 2.77. The van der Waals surface area contributed by atoms with Crippen LogP contribution in [0.5, 0.6) is 0 Å². The first kappa shape index (κ1) is 27.2. The highest BCUT2D eigenvalue weighted by Crippen LogP contribution is 2.61. The van der Waals surface area contributed by atoms with Gasteiger partial charge >= 0.3 is 0 Å². The van der Waals surface area contributed by atoms with Gasteiger partial charge in [-0.25, -0.2) is 0 Å². The molecule has 0 spiro atoms. The number of rotatable bonds is 12. The summed E-state index contributed by atoms with van der Waals surface area (Å²) >= 11 is 0. The second-order valence-corrected chi connectivity index (χ2v) is 12.2. The van der Waals surface area contributed by atoms with Crippen molar-refractivity contribution in [2.75, 3.05) is 32.8 Å². The lowest BCUT2D eigenvalue weighted by Crippen LogP contribution is -2.56. The smallest absolute Gasteiger partial charge is 0.226 e. The van der Waals surface area contributed by atoms with Gasteiger partial charge in [-0.15, -0.1) is 0 Å². The maximum absolute atomic E-state index is 13.8. The Morgan fingerprint density at radius 3 is 2.35 bits per heavy atom. The van der Waals surface area contributed by atoms with E-state index in [4.69, 9.17) is 4.74 Å². The van der Waals surface area contributed by atoms with Crippen molar-refractivity contribution < 1.29 is 9.53 Å². The standard InChI is InChI=1S/C30H50N2O2/c1-7-15-32(16-8-2)20-24(4)31-27(33)29(6)18-25-17-28(5,23-34-9-3)21-30(19-25,22-29)26-13-11-10-12-14-26/h10-14,24-25H,7-9,15-23H2,1-6H3,(H,31,33)/t24?,25?,28-,29?,30?/m0/s1. The molecule has 0 radical (unpaired) electrons. The van der Waals surface area contributed by atoms with E-state index in [-0.39, 0.29) is 28.2 Å². The quantitative estimate of drug-likeness (QED) is 0.396. The van der Waals surface area contributed by atoms with Gasteiger partial charge in [-0.1, -0.05) is 58.0 Å². The van der Waals surface area contributed by atoms with Crippen LogP contribution in [0.4, 0.5) is 0 Å². The fraction of sp³-hybridized carbons (Fsp3) is 0.767. The van der Waals surface area contributed by atoms with E-state index >= 15 is 0 Å². The zero-order valence-electron chi connectivity index (χ0n) is 22.8. The molecule has 3 rings (SSSR count). The summed E-state index contributed by atoms with van der Waals surface area (Å²) < 4.78 is 5.97. The highest BCUT2D eigenvalue weighted by atomic mass is 16.5. The van der Waals surface area contributed by atoms with E-state index in [2.05, 4.69) is 82.1 Å². The molecule has 4 unspecified atom stereocenters. The van der Waals surface area contributed by atoms with Crippen LogP contribution in [-0.2, 0) is 14.9 Å². The number of carbonyl (C=O) groups excluding carboxylic acids is 1. The zero-order chi connectivity index (χ0) is 24.8. The third kappa shape index (κ3) is 6.43. The summed E-state index contributed by atoms with van der Waals surface area (Å²) in [7, 11) is 0.